The minimum Gasteiger partial charge on any atom is -0.408 e. The molecule has 0 radical (unpaired) electrons. The van der Waals surface area contributed by atoms with Gasteiger partial charge in [0.1, 0.15) is 0 Å². The third kappa shape index (κ3) is 3.77. The van der Waals surface area contributed by atoms with Gasteiger partial charge in [0.25, 0.3) is 10.0 Å². The van der Waals surface area contributed by atoms with Gasteiger partial charge in [-0.25, -0.2) is 9.63 Å². The van der Waals surface area contributed by atoms with Crippen LogP contribution in [0.1, 0.15) is 11.1 Å². The van der Waals surface area contributed by atoms with E-state index in [-0.39, 0.29) is 16.0 Å². The molecule has 7 nitrogen and oxygen atoms in total. The SMILES string of the molecule is O=c1[nH]c2ccc(S(=O)(=O)N/N=C/c3cccc(C(F)(F)F)c3)cc2o1. The molecule has 0 unspecified atom stereocenters. The highest BCUT2D eigenvalue weighted by Gasteiger charge is 2.30. The van der Waals surface area contributed by atoms with Gasteiger partial charge >= 0.3 is 11.9 Å². The number of sulfonamides is 1. The van der Waals surface area contributed by atoms with Crippen molar-refractivity contribution < 1.29 is 26.0 Å². The standard InChI is InChI=1S/C15H10F3N3O4S/c16-15(17,18)10-3-1-2-9(6-10)8-19-21-26(23,24)11-4-5-12-13(7-11)25-14(22)20-12/h1-8,21H,(H,20,22)/b19-8+. The van der Waals surface area contributed by atoms with Gasteiger partial charge in [-0.1, -0.05) is 12.1 Å². The molecule has 0 aliphatic heterocycles. The van der Waals surface area contributed by atoms with Crippen LogP contribution in [0.5, 0.6) is 0 Å². The summed E-state index contributed by atoms with van der Waals surface area (Å²) in [5.74, 6) is -0.731. The van der Waals surface area contributed by atoms with Crippen molar-refractivity contribution in [3.63, 3.8) is 0 Å². The largest absolute Gasteiger partial charge is 0.417 e. The molecule has 2 N–H and O–H groups in total. The lowest BCUT2D eigenvalue weighted by molar-refractivity contribution is -0.137. The van der Waals surface area contributed by atoms with Crippen molar-refractivity contribution in [2.75, 3.05) is 0 Å². The fourth-order valence-electron chi connectivity index (χ4n) is 2.11. The molecule has 26 heavy (non-hydrogen) atoms. The third-order valence-corrected chi connectivity index (χ3v) is 4.52. The van der Waals surface area contributed by atoms with Crippen LogP contribution in [0.3, 0.4) is 0 Å². The van der Waals surface area contributed by atoms with Crippen LogP contribution in [0, 0.1) is 0 Å². The summed E-state index contributed by atoms with van der Waals surface area (Å²) in [5.41, 5.74) is -0.451. The van der Waals surface area contributed by atoms with Crippen molar-refractivity contribution in [2.24, 2.45) is 5.10 Å². The molecule has 0 aliphatic carbocycles. The number of aromatic nitrogens is 1. The summed E-state index contributed by atoms with van der Waals surface area (Å²) in [6.07, 6.45) is -3.57. The predicted molar refractivity (Wildman–Crippen MR) is 86.2 cm³/mol. The topological polar surface area (TPSA) is 105 Å². The van der Waals surface area contributed by atoms with E-state index < -0.39 is 27.5 Å². The molecule has 2 aromatic carbocycles. The fourth-order valence-corrected chi connectivity index (χ4v) is 2.92. The maximum Gasteiger partial charge on any atom is 0.417 e. The summed E-state index contributed by atoms with van der Waals surface area (Å²) < 4.78 is 67.0. The molecule has 0 amide bonds. The summed E-state index contributed by atoms with van der Waals surface area (Å²) in [6, 6.07) is 7.92. The van der Waals surface area contributed by atoms with E-state index in [1.54, 1.807) is 0 Å². The van der Waals surface area contributed by atoms with E-state index in [1.165, 1.54) is 24.3 Å². The van der Waals surface area contributed by atoms with Gasteiger partial charge in [-0.2, -0.15) is 26.7 Å². The van der Waals surface area contributed by atoms with Gasteiger partial charge in [-0.3, -0.25) is 4.98 Å². The summed E-state index contributed by atoms with van der Waals surface area (Å²) in [7, 11) is -4.10. The molecule has 0 fully saturated rings. The molecule has 0 spiro atoms. The Labute approximate surface area is 144 Å². The first-order valence-electron chi connectivity index (χ1n) is 7.00. The van der Waals surface area contributed by atoms with Crippen LogP contribution in [0.15, 0.2) is 61.7 Å². The average Bonchev–Trinajstić information content (AvgIpc) is 2.93. The number of nitrogens with zero attached hydrogens (tertiary/aromatic N) is 1. The van der Waals surface area contributed by atoms with Gasteiger partial charge in [0, 0.05) is 6.07 Å². The Hall–Kier alpha value is -3.08. The van der Waals surface area contributed by atoms with Crippen molar-refractivity contribution in [1.29, 1.82) is 0 Å². The number of fused-ring (bicyclic) bond motifs is 1. The third-order valence-electron chi connectivity index (χ3n) is 3.30. The zero-order valence-corrected chi connectivity index (χ0v) is 13.6. The number of hydrogen-bond donors (Lipinski definition) is 2. The van der Waals surface area contributed by atoms with Crippen LogP contribution in [0.25, 0.3) is 11.1 Å². The van der Waals surface area contributed by atoms with E-state index >= 15 is 0 Å². The van der Waals surface area contributed by atoms with Gasteiger partial charge < -0.3 is 4.42 Å². The van der Waals surface area contributed by atoms with Crippen LogP contribution < -0.4 is 10.6 Å². The Morgan fingerprint density at radius 3 is 2.65 bits per heavy atom. The van der Waals surface area contributed by atoms with E-state index in [4.69, 9.17) is 4.42 Å². The Balaban J connectivity index is 1.81. The smallest absolute Gasteiger partial charge is 0.408 e. The number of alkyl halides is 3. The molecule has 0 atom stereocenters. The molecular weight excluding hydrogens is 375 g/mol. The van der Waals surface area contributed by atoms with Crippen LogP contribution in [0.2, 0.25) is 0 Å². The molecule has 136 valence electrons. The number of halogens is 3. The Morgan fingerprint density at radius 1 is 1.15 bits per heavy atom. The van der Waals surface area contributed by atoms with E-state index in [2.05, 4.69) is 10.1 Å². The molecular formula is C15H10F3N3O4S. The van der Waals surface area contributed by atoms with Crippen LogP contribution >= 0.6 is 0 Å². The van der Waals surface area contributed by atoms with Crippen LogP contribution in [-0.2, 0) is 16.2 Å². The lowest BCUT2D eigenvalue weighted by Gasteiger charge is -2.06. The van der Waals surface area contributed by atoms with Crippen LogP contribution in [-0.4, -0.2) is 19.6 Å². The number of oxazole rings is 1. The second-order valence-electron chi connectivity index (χ2n) is 5.15. The van der Waals surface area contributed by atoms with E-state index in [0.717, 1.165) is 24.4 Å². The number of rotatable bonds is 4. The van der Waals surface area contributed by atoms with Gasteiger partial charge in [0.05, 0.1) is 22.2 Å². The van der Waals surface area contributed by atoms with Gasteiger partial charge in [-0.05, 0) is 29.8 Å². The van der Waals surface area contributed by atoms with Crippen LogP contribution in [0.4, 0.5) is 13.2 Å². The number of hydrazone groups is 1. The quantitative estimate of drug-likeness (QED) is 0.532. The molecule has 1 aromatic heterocycles. The number of hydrogen-bond acceptors (Lipinski definition) is 5. The van der Waals surface area contributed by atoms with Crippen molar-refractivity contribution in [1.82, 2.24) is 9.82 Å². The molecule has 3 rings (SSSR count). The van der Waals surface area contributed by atoms with Gasteiger partial charge in [0.15, 0.2) is 5.58 Å². The molecule has 0 aliphatic rings. The van der Waals surface area contributed by atoms with E-state index in [1.807, 2.05) is 4.83 Å². The number of benzene rings is 2. The normalized spacial score (nSPS) is 12.7. The van der Waals surface area contributed by atoms with Crippen molar-refractivity contribution in [3.05, 3.63) is 64.1 Å². The van der Waals surface area contributed by atoms with Gasteiger partial charge in [-0.15, -0.1) is 0 Å². The molecule has 0 saturated carbocycles. The van der Waals surface area contributed by atoms with Crippen molar-refractivity contribution >= 4 is 27.3 Å². The highest BCUT2D eigenvalue weighted by molar-refractivity contribution is 7.89. The second-order valence-corrected chi connectivity index (χ2v) is 6.81. The maximum absolute atomic E-state index is 12.6. The monoisotopic (exact) mass is 385 g/mol. The minimum absolute atomic E-state index is 0.0414. The van der Waals surface area contributed by atoms with Crippen molar-refractivity contribution in [3.8, 4) is 0 Å². The highest BCUT2D eigenvalue weighted by atomic mass is 32.2. The number of aromatic amines is 1. The lowest BCUT2D eigenvalue weighted by Crippen LogP contribution is -2.18. The van der Waals surface area contributed by atoms with E-state index in [9.17, 15) is 26.4 Å². The zero-order valence-electron chi connectivity index (χ0n) is 12.7. The zero-order chi connectivity index (χ0) is 18.9. The molecule has 11 heteroatoms. The van der Waals surface area contributed by atoms with E-state index in [0.29, 0.717) is 5.52 Å². The summed E-state index contributed by atoms with van der Waals surface area (Å²) in [5, 5.41) is 3.47. The molecule has 0 saturated heterocycles. The van der Waals surface area contributed by atoms with Gasteiger partial charge in [0.2, 0.25) is 0 Å². The maximum atomic E-state index is 12.6. The molecule has 3 aromatic rings. The first-order chi connectivity index (χ1) is 12.1. The average molecular weight is 385 g/mol. The fraction of sp³-hybridized carbons (Fsp3) is 0.0667. The first-order valence-corrected chi connectivity index (χ1v) is 8.48. The second kappa shape index (κ2) is 6.33. The minimum atomic E-state index is -4.51. The first kappa shape index (κ1) is 17.7. The van der Waals surface area contributed by atoms with Crippen molar-refractivity contribution in [2.45, 2.75) is 11.1 Å². The molecule has 0 bridgehead atoms. The Kier molecular flexibility index (Phi) is 4.32. The predicted octanol–water partition coefficient (Wildman–Crippen LogP) is 2.45. The Bertz CT molecular complexity index is 1150. The number of nitrogens with one attached hydrogen (secondary N) is 2. The summed E-state index contributed by atoms with van der Waals surface area (Å²) in [4.78, 5) is 15.1. The molecule has 1 heterocycles. The Morgan fingerprint density at radius 2 is 1.92 bits per heavy atom. The summed E-state index contributed by atoms with van der Waals surface area (Å²) in [6.45, 7) is 0. The lowest BCUT2D eigenvalue weighted by atomic mass is 10.1. The number of H-pyrrole nitrogens is 1. The summed E-state index contributed by atoms with van der Waals surface area (Å²) >= 11 is 0. The highest BCUT2D eigenvalue weighted by Crippen LogP contribution is 2.29.